The van der Waals surface area contributed by atoms with Crippen LogP contribution in [0.3, 0.4) is 0 Å². The average Bonchev–Trinajstić information content (AvgIpc) is 3.06. The van der Waals surface area contributed by atoms with E-state index in [0.29, 0.717) is 20.9 Å². The first-order valence-corrected chi connectivity index (χ1v) is 12.7. The second-order valence-corrected chi connectivity index (χ2v) is 10.6. The van der Waals surface area contributed by atoms with Crippen molar-refractivity contribution in [2.45, 2.75) is 37.1 Å². The van der Waals surface area contributed by atoms with Gasteiger partial charge in [0.05, 0.1) is 20.8 Å². The Balaban J connectivity index is 1.54. The van der Waals surface area contributed by atoms with Gasteiger partial charge in [-0.05, 0) is 55.7 Å². The maximum absolute atomic E-state index is 12.8. The molecule has 3 aromatic rings. The van der Waals surface area contributed by atoms with Gasteiger partial charge in [-0.3, -0.25) is 18.9 Å². The Kier molecular flexibility index (Phi) is 6.36. The van der Waals surface area contributed by atoms with Gasteiger partial charge in [0.1, 0.15) is 0 Å². The van der Waals surface area contributed by atoms with Crippen molar-refractivity contribution in [3.63, 3.8) is 0 Å². The number of hydrogen-bond acceptors (Lipinski definition) is 5. The second-order valence-electron chi connectivity index (χ2n) is 7.46. The Morgan fingerprint density at radius 2 is 1.87 bits per heavy atom. The van der Waals surface area contributed by atoms with Crippen LogP contribution < -0.4 is 9.60 Å². The first kappa shape index (κ1) is 21.9. The number of nitrogens with zero attached hydrogens (tertiary/aromatic N) is 2. The molecule has 2 heterocycles. The standard InChI is InChI=1S/C21H22ClN3O4S2/c22-15-5-4-6-16(13-15)23-31(28,29)17-7-8-18-19(14-17)30-21(27)25(18)12-9-20(26)24-10-2-1-3-11-24/h4-8,13-14,23H,1-3,9-12H2. The minimum Gasteiger partial charge on any atom is -0.343 e. The number of rotatable bonds is 6. The molecule has 0 spiro atoms. The number of carbonyl (C=O) groups excluding carboxylic acids is 1. The predicted molar refractivity (Wildman–Crippen MR) is 123 cm³/mol. The highest BCUT2D eigenvalue weighted by Crippen LogP contribution is 2.25. The number of sulfonamides is 1. The molecule has 0 radical (unpaired) electrons. The Morgan fingerprint density at radius 1 is 1.10 bits per heavy atom. The van der Waals surface area contributed by atoms with Crippen molar-refractivity contribution in [1.29, 1.82) is 0 Å². The van der Waals surface area contributed by atoms with Crippen molar-refractivity contribution in [3.8, 4) is 0 Å². The SMILES string of the molecule is O=C(CCn1c(=O)sc2cc(S(=O)(=O)Nc3cccc(Cl)c3)ccc21)N1CCCCC1. The Morgan fingerprint density at radius 3 is 2.61 bits per heavy atom. The molecular formula is C21H22ClN3O4S2. The minimum absolute atomic E-state index is 0.0517. The molecule has 31 heavy (non-hydrogen) atoms. The highest BCUT2D eigenvalue weighted by Gasteiger charge is 2.19. The molecule has 1 aromatic heterocycles. The number of fused-ring (bicyclic) bond motifs is 1. The summed E-state index contributed by atoms with van der Waals surface area (Å²) in [7, 11) is -3.84. The van der Waals surface area contributed by atoms with Gasteiger partial charge in [0.15, 0.2) is 0 Å². The van der Waals surface area contributed by atoms with E-state index >= 15 is 0 Å². The zero-order chi connectivity index (χ0) is 22.0. The number of aryl methyl sites for hydroxylation is 1. The third-order valence-corrected chi connectivity index (χ3v) is 7.84. The topological polar surface area (TPSA) is 88.5 Å². The van der Waals surface area contributed by atoms with E-state index in [-0.39, 0.29) is 28.6 Å². The van der Waals surface area contributed by atoms with E-state index in [2.05, 4.69) is 4.72 Å². The molecule has 1 N–H and O–H groups in total. The molecule has 10 heteroatoms. The molecule has 4 rings (SSSR count). The van der Waals surface area contributed by atoms with Crippen LogP contribution in [0, 0.1) is 0 Å². The van der Waals surface area contributed by atoms with Crippen molar-refractivity contribution < 1.29 is 13.2 Å². The van der Waals surface area contributed by atoms with E-state index in [1.54, 1.807) is 28.8 Å². The van der Waals surface area contributed by atoms with Crippen LogP contribution in [0.1, 0.15) is 25.7 Å². The molecule has 0 aliphatic carbocycles. The lowest BCUT2D eigenvalue weighted by atomic mass is 10.1. The lowest BCUT2D eigenvalue weighted by Gasteiger charge is -2.26. The van der Waals surface area contributed by atoms with Crippen LogP contribution in [-0.2, 0) is 21.4 Å². The number of carbonyl (C=O) groups is 1. The van der Waals surface area contributed by atoms with Crippen LogP contribution in [0.15, 0.2) is 52.2 Å². The monoisotopic (exact) mass is 479 g/mol. The van der Waals surface area contributed by atoms with Gasteiger partial charge < -0.3 is 4.90 Å². The smallest absolute Gasteiger partial charge is 0.308 e. The highest BCUT2D eigenvalue weighted by molar-refractivity contribution is 7.92. The number of piperidine rings is 1. The molecule has 0 unspecified atom stereocenters. The van der Waals surface area contributed by atoms with Gasteiger partial charge >= 0.3 is 4.87 Å². The van der Waals surface area contributed by atoms with E-state index in [1.807, 2.05) is 4.90 Å². The maximum atomic E-state index is 12.8. The first-order chi connectivity index (χ1) is 14.8. The average molecular weight is 480 g/mol. The van der Waals surface area contributed by atoms with Gasteiger partial charge in [-0.2, -0.15) is 0 Å². The molecule has 1 fully saturated rings. The number of thiazole rings is 1. The Bertz CT molecular complexity index is 1280. The molecule has 1 amide bonds. The fourth-order valence-corrected chi connectivity index (χ4v) is 6.00. The second kappa shape index (κ2) is 9.02. The lowest BCUT2D eigenvalue weighted by molar-refractivity contribution is -0.132. The van der Waals surface area contributed by atoms with Gasteiger partial charge in [-0.25, -0.2) is 8.42 Å². The molecule has 1 saturated heterocycles. The summed E-state index contributed by atoms with van der Waals surface area (Å²) in [6.45, 7) is 1.83. The van der Waals surface area contributed by atoms with E-state index in [9.17, 15) is 18.0 Å². The summed E-state index contributed by atoms with van der Waals surface area (Å²) in [6.07, 6.45) is 3.44. The van der Waals surface area contributed by atoms with Crippen LogP contribution in [0.2, 0.25) is 5.02 Å². The molecule has 7 nitrogen and oxygen atoms in total. The minimum atomic E-state index is -3.84. The molecule has 2 aromatic carbocycles. The molecule has 0 bridgehead atoms. The maximum Gasteiger partial charge on any atom is 0.308 e. The van der Waals surface area contributed by atoms with Crippen molar-refractivity contribution >= 4 is 54.8 Å². The lowest BCUT2D eigenvalue weighted by Crippen LogP contribution is -2.36. The third kappa shape index (κ3) is 4.94. The van der Waals surface area contributed by atoms with E-state index in [0.717, 1.165) is 43.7 Å². The zero-order valence-corrected chi connectivity index (χ0v) is 19.1. The largest absolute Gasteiger partial charge is 0.343 e. The number of amides is 1. The summed E-state index contributed by atoms with van der Waals surface area (Å²) >= 11 is 6.90. The number of likely N-dealkylation sites (tertiary alicyclic amines) is 1. The number of anilines is 1. The van der Waals surface area contributed by atoms with Gasteiger partial charge in [-0.15, -0.1) is 0 Å². The Hall–Kier alpha value is -2.36. The van der Waals surface area contributed by atoms with Crippen molar-refractivity contribution in [2.24, 2.45) is 0 Å². The van der Waals surface area contributed by atoms with Gasteiger partial charge in [0.25, 0.3) is 10.0 Å². The van der Waals surface area contributed by atoms with Crippen LogP contribution >= 0.6 is 22.9 Å². The summed E-state index contributed by atoms with van der Waals surface area (Å²) in [5.74, 6) is 0.0517. The number of hydrogen-bond donors (Lipinski definition) is 1. The predicted octanol–water partition coefficient (Wildman–Crippen LogP) is 3.92. The van der Waals surface area contributed by atoms with Crippen molar-refractivity contribution in [2.75, 3.05) is 17.8 Å². The quantitative estimate of drug-likeness (QED) is 0.580. The number of aromatic nitrogens is 1. The summed E-state index contributed by atoms with van der Waals surface area (Å²) < 4.78 is 30.1. The fraction of sp³-hybridized carbons (Fsp3) is 0.333. The van der Waals surface area contributed by atoms with Crippen molar-refractivity contribution in [1.82, 2.24) is 9.47 Å². The molecule has 1 aliphatic heterocycles. The van der Waals surface area contributed by atoms with Crippen LogP contribution in [0.25, 0.3) is 10.2 Å². The fourth-order valence-electron chi connectivity index (χ4n) is 3.70. The molecule has 0 atom stereocenters. The highest BCUT2D eigenvalue weighted by atomic mass is 35.5. The van der Waals surface area contributed by atoms with Crippen molar-refractivity contribution in [3.05, 3.63) is 57.2 Å². The number of nitrogens with one attached hydrogen (secondary N) is 1. The summed E-state index contributed by atoms with van der Waals surface area (Å²) in [5.41, 5.74) is 0.984. The van der Waals surface area contributed by atoms with E-state index < -0.39 is 10.0 Å². The molecule has 164 valence electrons. The van der Waals surface area contributed by atoms with E-state index in [1.165, 1.54) is 18.2 Å². The van der Waals surface area contributed by atoms with Crippen LogP contribution in [-0.4, -0.2) is 36.9 Å². The number of halogens is 1. The summed E-state index contributed by atoms with van der Waals surface area (Å²) in [6, 6.07) is 11.0. The molecule has 1 aliphatic rings. The number of benzene rings is 2. The summed E-state index contributed by atoms with van der Waals surface area (Å²) in [5, 5.41) is 0.421. The van der Waals surface area contributed by atoms with Gasteiger partial charge in [-0.1, -0.05) is 29.0 Å². The normalized spacial score (nSPS) is 14.7. The molecule has 0 saturated carbocycles. The Labute approximate surface area is 189 Å². The zero-order valence-electron chi connectivity index (χ0n) is 16.7. The summed E-state index contributed by atoms with van der Waals surface area (Å²) in [4.78, 5) is 26.6. The molecular weight excluding hydrogens is 458 g/mol. The van der Waals surface area contributed by atoms with Crippen LogP contribution in [0.4, 0.5) is 5.69 Å². The van der Waals surface area contributed by atoms with E-state index in [4.69, 9.17) is 11.6 Å². The van der Waals surface area contributed by atoms with Gasteiger partial charge in [0.2, 0.25) is 5.91 Å². The first-order valence-electron chi connectivity index (χ1n) is 10.0. The third-order valence-electron chi connectivity index (χ3n) is 5.28. The van der Waals surface area contributed by atoms with Crippen LogP contribution in [0.5, 0.6) is 0 Å². The van der Waals surface area contributed by atoms with Gasteiger partial charge in [0, 0.05) is 31.1 Å².